The van der Waals surface area contributed by atoms with Crippen molar-refractivity contribution in [2.24, 2.45) is 0 Å². The summed E-state index contributed by atoms with van der Waals surface area (Å²) in [6.07, 6.45) is 0. The zero-order chi connectivity index (χ0) is 19.4. The number of hydrogen-bond donors (Lipinski definition) is 0. The molecule has 3 rings (SSSR count). The summed E-state index contributed by atoms with van der Waals surface area (Å²) in [5.41, 5.74) is 2.92. The summed E-state index contributed by atoms with van der Waals surface area (Å²) in [7, 11) is 4.66. The number of benzene rings is 2. The molecular formula is C21H26N2O4. The summed E-state index contributed by atoms with van der Waals surface area (Å²) in [6.45, 7) is 5.00. The van der Waals surface area contributed by atoms with Gasteiger partial charge in [-0.1, -0.05) is 12.1 Å². The molecule has 0 atom stereocenters. The van der Waals surface area contributed by atoms with Gasteiger partial charge in [0.1, 0.15) is 5.75 Å². The van der Waals surface area contributed by atoms with Gasteiger partial charge in [0.05, 0.1) is 26.9 Å². The van der Waals surface area contributed by atoms with Crippen LogP contribution in [0, 0.1) is 6.92 Å². The predicted octanol–water partition coefficient (Wildman–Crippen LogP) is 2.98. The van der Waals surface area contributed by atoms with Gasteiger partial charge >= 0.3 is 0 Å². The molecule has 1 fully saturated rings. The van der Waals surface area contributed by atoms with E-state index in [0.717, 1.165) is 13.1 Å². The molecule has 6 nitrogen and oxygen atoms in total. The molecule has 0 aromatic heterocycles. The van der Waals surface area contributed by atoms with Gasteiger partial charge in [0, 0.05) is 44.0 Å². The Morgan fingerprint density at radius 2 is 1.48 bits per heavy atom. The summed E-state index contributed by atoms with van der Waals surface area (Å²) in [5.74, 6) is 1.48. The molecule has 6 heteroatoms. The molecular weight excluding hydrogens is 344 g/mol. The van der Waals surface area contributed by atoms with Crippen LogP contribution in [-0.4, -0.2) is 58.3 Å². The Hall–Kier alpha value is -2.89. The van der Waals surface area contributed by atoms with Crippen molar-refractivity contribution in [1.82, 2.24) is 4.90 Å². The van der Waals surface area contributed by atoms with E-state index in [0.29, 0.717) is 35.9 Å². The van der Waals surface area contributed by atoms with E-state index in [2.05, 4.69) is 36.1 Å². The molecule has 2 aromatic carbocycles. The van der Waals surface area contributed by atoms with Crippen LogP contribution in [0.15, 0.2) is 36.4 Å². The lowest BCUT2D eigenvalue weighted by molar-refractivity contribution is 0.0743. The van der Waals surface area contributed by atoms with Gasteiger partial charge in [-0.3, -0.25) is 4.79 Å². The number of hydrogen-bond acceptors (Lipinski definition) is 5. The highest BCUT2D eigenvalue weighted by Gasteiger charge is 2.26. The number of nitrogens with zero attached hydrogens (tertiary/aromatic N) is 2. The first-order chi connectivity index (χ1) is 13.1. The first-order valence-corrected chi connectivity index (χ1v) is 8.98. The maximum absolute atomic E-state index is 13.1. The van der Waals surface area contributed by atoms with Gasteiger partial charge in [0.2, 0.25) is 0 Å². The molecule has 144 valence electrons. The molecule has 1 amide bonds. The quantitative estimate of drug-likeness (QED) is 0.810. The smallest absolute Gasteiger partial charge is 0.257 e. The number of amides is 1. The minimum atomic E-state index is -0.0586. The van der Waals surface area contributed by atoms with Crippen molar-refractivity contribution in [1.29, 1.82) is 0 Å². The maximum atomic E-state index is 13.1. The van der Waals surface area contributed by atoms with Gasteiger partial charge in [-0.15, -0.1) is 0 Å². The molecule has 0 bridgehead atoms. The van der Waals surface area contributed by atoms with E-state index in [1.807, 2.05) is 4.90 Å². The van der Waals surface area contributed by atoms with Crippen LogP contribution in [0.3, 0.4) is 0 Å². The minimum absolute atomic E-state index is 0.0586. The molecule has 0 spiro atoms. The second-order valence-electron chi connectivity index (χ2n) is 6.53. The van der Waals surface area contributed by atoms with Crippen LogP contribution in [0.5, 0.6) is 17.2 Å². The van der Waals surface area contributed by atoms with Crippen LogP contribution >= 0.6 is 0 Å². The highest BCUT2D eigenvalue weighted by molar-refractivity contribution is 5.98. The van der Waals surface area contributed by atoms with Gasteiger partial charge in [-0.05, 0) is 24.6 Å². The fourth-order valence-corrected chi connectivity index (χ4v) is 3.36. The molecule has 1 heterocycles. The van der Waals surface area contributed by atoms with Gasteiger partial charge < -0.3 is 24.0 Å². The summed E-state index contributed by atoms with van der Waals surface area (Å²) < 4.78 is 16.0. The molecule has 1 saturated heterocycles. The lowest BCUT2D eigenvalue weighted by atomic mass is 10.1. The Labute approximate surface area is 160 Å². The highest BCUT2D eigenvalue weighted by Crippen LogP contribution is 2.35. The molecule has 0 N–H and O–H groups in total. The normalized spacial score (nSPS) is 14.1. The number of carbonyl (C=O) groups is 1. The van der Waals surface area contributed by atoms with E-state index in [9.17, 15) is 4.79 Å². The molecule has 0 radical (unpaired) electrons. The van der Waals surface area contributed by atoms with E-state index >= 15 is 0 Å². The molecule has 2 aromatic rings. The topological polar surface area (TPSA) is 51.2 Å². The average Bonchev–Trinajstić information content (AvgIpc) is 2.72. The number of carbonyl (C=O) groups excluding carboxylic acids is 1. The van der Waals surface area contributed by atoms with Crippen molar-refractivity contribution in [2.75, 3.05) is 52.4 Å². The van der Waals surface area contributed by atoms with Crippen molar-refractivity contribution in [2.45, 2.75) is 6.92 Å². The van der Waals surface area contributed by atoms with E-state index in [1.165, 1.54) is 11.3 Å². The van der Waals surface area contributed by atoms with Gasteiger partial charge in [-0.2, -0.15) is 0 Å². The SMILES string of the molecule is COc1cc(OC)c(C(=O)N2CCN(c3cccc(C)c3)CC2)cc1OC. The highest BCUT2D eigenvalue weighted by atomic mass is 16.5. The standard InChI is InChI=1S/C21H26N2O4/c1-15-6-5-7-16(12-15)22-8-10-23(11-9-22)21(24)17-13-19(26-3)20(27-4)14-18(17)25-2/h5-7,12-14H,8-11H2,1-4H3. The molecule has 27 heavy (non-hydrogen) atoms. The van der Waals surface area contributed by atoms with Crippen LogP contribution < -0.4 is 19.1 Å². The maximum Gasteiger partial charge on any atom is 0.257 e. The van der Waals surface area contributed by atoms with Crippen molar-refractivity contribution >= 4 is 11.6 Å². The zero-order valence-electron chi connectivity index (χ0n) is 16.3. The Balaban J connectivity index is 1.76. The molecule has 1 aliphatic rings. The number of ether oxygens (including phenoxy) is 3. The van der Waals surface area contributed by atoms with E-state index < -0.39 is 0 Å². The Bertz CT molecular complexity index is 814. The number of rotatable bonds is 5. The van der Waals surface area contributed by atoms with Gasteiger partial charge in [0.25, 0.3) is 5.91 Å². The minimum Gasteiger partial charge on any atom is -0.496 e. The molecule has 1 aliphatic heterocycles. The van der Waals surface area contributed by atoms with Crippen molar-refractivity contribution in [3.63, 3.8) is 0 Å². The van der Waals surface area contributed by atoms with Gasteiger partial charge in [0.15, 0.2) is 11.5 Å². The van der Waals surface area contributed by atoms with Crippen LogP contribution in [0.25, 0.3) is 0 Å². The first-order valence-electron chi connectivity index (χ1n) is 8.98. The van der Waals surface area contributed by atoms with Crippen LogP contribution in [0.2, 0.25) is 0 Å². The van der Waals surface area contributed by atoms with Crippen LogP contribution in [0.1, 0.15) is 15.9 Å². The third kappa shape index (κ3) is 3.94. The van der Waals surface area contributed by atoms with E-state index in [-0.39, 0.29) is 5.91 Å². The number of methoxy groups -OCH3 is 3. The second-order valence-corrected chi connectivity index (χ2v) is 6.53. The third-order valence-corrected chi connectivity index (χ3v) is 4.87. The molecule has 0 unspecified atom stereocenters. The summed E-state index contributed by atoms with van der Waals surface area (Å²) >= 11 is 0. The fourth-order valence-electron chi connectivity index (χ4n) is 3.36. The van der Waals surface area contributed by atoms with Crippen molar-refractivity contribution in [3.05, 3.63) is 47.5 Å². The second kappa shape index (κ2) is 8.20. The monoisotopic (exact) mass is 370 g/mol. The first kappa shape index (κ1) is 18.9. The average molecular weight is 370 g/mol. The summed E-state index contributed by atoms with van der Waals surface area (Å²) in [6, 6.07) is 11.8. The third-order valence-electron chi connectivity index (χ3n) is 4.87. The molecule has 0 saturated carbocycles. The van der Waals surface area contributed by atoms with Crippen molar-refractivity contribution in [3.8, 4) is 17.2 Å². The summed E-state index contributed by atoms with van der Waals surface area (Å²) in [4.78, 5) is 17.2. The lowest BCUT2D eigenvalue weighted by Gasteiger charge is -2.36. The predicted molar refractivity (Wildman–Crippen MR) is 105 cm³/mol. The van der Waals surface area contributed by atoms with E-state index in [4.69, 9.17) is 14.2 Å². The van der Waals surface area contributed by atoms with Crippen molar-refractivity contribution < 1.29 is 19.0 Å². The zero-order valence-corrected chi connectivity index (χ0v) is 16.3. The number of anilines is 1. The van der Waals surface area contributed by atoms with Gasteiger partial charge in [-0.25, -0.2) is 0 Å². The number of aryl methyl sites for hydroxylation is 1. The summed E-state index contributed by atoms with van der Waals surface area (Å²) in [5, 5.41) is 0. The molecule has 0 aliphatic carbocycles. The largest absolute Gasteiger partial charge is 0.496 e. The fraction of sp³-hybridized carbons (Fsp3) is 0.381. The Morgan fingerprint density at radius 3 is 2.07 bits per heavy atom. The van der Waals surface area contributed by atoms with Crippen LogP contribution in [-0.2, 0) is 0 Å². The lowest BCUT2D eigenvalue weighted by Crippen LogP contribution is -2.48. The Kier molecular flexibility index (Phi) is 5.74. The Morgan fingerprint density at radius 1 is 0.852 bits per heavy atom. The van der Waals surface area contributed by atoms with E-state index in [1.54, 1.807) is 33.5 Å². The van der Waals surface area contributed by atoms with Crippen LogP contribution in [0.4, 0.5) is 5.69 Å². The number of piperazine rings is 1.